The van der Waals surface area contributed by atoms with Gasteiger partial charge in [0.25, 0.3) is 0 Å². The number of nitrogens with one attached hydrogen (secondary N) is 2. The molecule has 1 aliphatic rings. The van der Waals surface area contributed by atoms with Gasteiger partial charge in [-0.05, 0) is 50.9 Å². The molecule has 0 unspecified atom stereocenters. The average Bonchev–Trinajstić information content (AvgIpc) is 3.40. The van der Waals surface area contributed by atoms with Crippen LogP contribution < -0.4 is 10.6 Å². The molecule has 0 aromatic carbocycles. The number of methoxy groups -OCH3 is 1. The highest BCUT2D eigenvalue weighted by Crippen LogP contribution is 2.46. The number of nitrogens with zero attached hydrogens (tertiary/aromatic N) is 2. The largest absolute Gasteiger partial charge is 0.465 e. The molecule has 0 bridgehead atoms. The normalized spacial score (nSPS) is 13.9. The first-order chi connectivity index (χ1) is 14.5. The molecule has 6 nitrogen and oxygen atoms in total. The van der Waals surface area contributed by atoms with Crippen molar-refractivity contribution in [2.24, 2.45) is 0 Å². The predicted octanol–water partition coefficient (Wildman–Crippen LogP) is 5.27. The molecular formula is C19H22ClF3N4O2S2. The lowest BCUT2D eigenvalue weighted by atomic mass is 10.1. The zero-order valence-corrected chi connectivity index (χ0v) is 19.5. The summed E-state index contributed by atoms with van der Waals surface area (Å²) in [6, 6.07) is 0. The molecule has 1 aliphatic carbocycles. The first-order valence-electron chi connectivity index (χ1n) is 9.61. The highest BCUT2D eigenvalue weighted by Gasteiger charge is 2.41. The third-order valence-corrected chi connectivity index (χ3v) is 6.74. The van der Waals surface area contributed by atoms with Gasteiger partial charge in [0.05, 0.1) is 23.4 Å². The molecule has 31 heavy (non-hydrogen) atoms. The number of hydrogen-bond acceptors (Lipinski definition) is 5. The van der Waals surface area contributed by atoms with Gasteiger partial charge in [-0.3, -0.25) is 4.68 Å². The number of thiophene rings is 1. The van der Waals surface area contributed by atoms with Crippen LogP contribution in [0.5, 0.6) is 0 Å². The first kappa shape index (κ1) is 23.8. The second-order valence-electron chi connectivity index (χ2n) is 7.26. The van der Waals surface area contributed by atoms with Crippen molar-refractivity contribution < 1.29 is 22.7 Å². The number of ether oxygens (including phenoxy) is 1. The zero-order chi connectivity index (χ0) is 22.9. The van der Waals surface area contributed by atoms with Crippen molar-refractivity contribution in [2.45, 2.75) is 51.7 Å². The van der Waals surface area contributed by atoms with Gasteiger partial charge in [-0.1, -0.05) is 11.6 Å². The predicted molar refractivity (Wildman–Crippen MR) is 118 cm³/mol. The maximum Gasteiger partial charge on any atom is 0.436 e. The number of rotatable bonds is 7. The van der Waals surface area contributed by atoms with Gasteiger partial charge in [-0.2, -0.15) is 18.3 Å². The van der Waals surface area contributed by atoms with Crippen molar-refractivity contribution in [3.63, 3.8) is 0 Å². The van der Waals surface area contributed by atoms with Gasteiger partial charge < -0.3 is 15.4 Å². The minimum absolute atomic E-state index is 0.0360. The summed E-state index contributed by atoms with van der Waals surface area (Å²) in [6.07, 6.45) is -2.46. The Balaban J connectivity index is 1.58. The van der Waals surface area contributed by atoms with E-state index >= 15 is 0 Å². The number of anilines is 1. The van der Waals surface area contributed by atoms with Crippen LogP contribution in [-0.4, -0.2) is 34.5 Å². The quantitative estimate of drug-likeness (QED) is 0.310. The number of aryl methyl sites for hydroxylation is 2. The van der Waals surface area contributed by atoms with Crippen LogP contribution in [0.3, 0.4) is 0 Å². The number of carbonyl (C=O) groups is 1. The van der Waals surface area contributed by atoms with Crippen LogP contribution in [-0.2, 0) is 17.5 Å². The van der Waals surface area contributed by atoms with Gasteiger partial charge in [0.1, 0.15) is 5.00 Å². The van der Waals surface area contributed by atoms with Crippen molar-refractivity contribution in [1.82, 2.24) is 15.1 Å². The molecule has 0 radical (unpaired) electrons. The average molecular weight is 495 g/mol. The Bertz CT molecular complexity index is 999. The first-order valence-corrected chi connectivity index (χ1v) is 11.2. The van der Waals surface area contributed by atoms with Crippen LogP contribution in [0.2, 0.25) is 5.02 Å². The molecule has 0 amide bonds. The number of halogens is 4. The number of esters is 1. The Kier molecular flexibility index (Phi) is 7.17. The standard InChI is InChI=1S/C19H22ClF3N4O2S2/c1-9-10(2)31-16(12(9)17(28)29-3)25-18(30)24-7-4-8-27-14(11-5-6-11)13(20)15(26-27)19(21,22)23/h11H,4-8H2,1-3H3,(H2,24,25,30). The summed E-state index contributed by atoms with van der Waals surface area (Å²) in [7, 11) is 1.32. The minimum Gasteiger partial charge on any atom is -0.465 e. The molecule has 2 N–H and O–H groups in total. The summed E-state index contributed by atoms with van der Waals surface area (Å²) in [5, 5.41) is 10.3. The molecule has 2 aromatic heterocycles. The molecule has 0 aliphatic heterocycles. The maximum atomic E-state index is 13.1. The van der Waals surface area contributed by atoms with E-state index in [1.54, 1.807) is 0 Å². The third-order valence-electron chi connectivity index (χ3n) is 5.00. The lowest BCUT2D eigenvalue weighted by Crippen LogP contribution is -2.30. The Morgan fingerprint density at radius 2 is 2.06 bits per heavy atom. The van der Waals surface area contributed by atoms with E-state index < -0.39 is 17.8 Å². The lowest BCUT2D eigenvalue weighted by molar-refractivity contribution is -0.141. The number of carbonyl (C=O) groups excluding carboxylic acids is 1. The number of hydrogen-bond donors (Lipinski definition) is 2. The molecule has 2 heterocycles. The summed E-state index contributed by atoms with van der Waals surface area (Å²) >= 11 is 12.7. The van der Waals surface area contributed by atoms with E-state index in [0.29, 0.717) is 34.3 Å². The fraction of sp³-hybridized carbons (Fsp3) is 0.526. The Labute approximate surface area is 192 Å². The van der Waals surface area contributed by atoms with E-state index in [1.807, 2.05) is 13.8 Å². The van der Waals surface area contributed by atoms with Gasteiger partial charge in [0, 0.05) is 23.9 Å². The van der Waals surface area contributed by atoms with Crippen LogP contribution in [0.1, 0.15) is 57.4 Å². The molecule has 0 atom stereocenters. The smallest absolute Gasteiger partial charge is 0.436 e. The highest BCUT2D eigenvalue weighted by atomic mass is 35.5. The van der Waals surface area contributed by atoms with Crippen LogP contribution in [0.25, 0.3) is 0 Å². The molecule has 1 saturated carbocycles. The second-order valence-corrected chi connectivity index (χ2v) is 9.27. The maximum absolute atomic E-state index is 13.1. The van der Waals surface area contributed by atoms with E-state index in [1.165, 1.54) is 23.1 Å². The molecule has 3 rings (SSSR count). The summed E-state index contributed by atoms with van der Waals surface area (Å²) < 4.78 is 45.6. The van der Waals surface area contributed by atoms with Crippen molar-refractivity contribution in [3.05, 3.63) is 32.4 Å². The van der Waals surface area contributed by atoms with Gasteiger partial charge >= 0.3 is 12.1 Å². The van der Waals surface area contributed by atoms with Gasteiger partial charge in [-0.25, -0.2) is 4.79 Å². The van der Waals surface area contributed by atoms with E-state index in [2.05, 4.69) is 15.7 Å². The van der Waals surface area contributed by atoms with Gasteiger partial charge in [0.2, 0.25) is 0 Å². The van der Waals surface area contributed by atoms with E-state index in [4.69, 9.17) is 28.6 Å². The Morgan fingerprint density at radius 3 is 2.65 bits per heavy atom. The van der Waals surface area contributed by atoms with Crippen LogP contribution in [0, 0.1) is 13.8 Å². The molecule has 1 fully saturated rings. The monoisotopic (exact) mass is 494 g/mol. The molecule has 0 saturated heterocycles. The molecule has 0 spiro atoms. The highest BCUT2D eigenvalue weighted by molar-refractivity contribution is 7.80. The topological polar surface area (TPSA) is 68.2 Å². The van der Waals surface area contributed by atoms with Crippen molar-refractivity contribution in [1.29, 1.82) is 0 Å². The minimum atomic E-state index is -4.58. The zero-order valence-electron chi connectivity index (χ0n) is 17.2. The number of aromatic nitrogens is 2. The van der Waals surface area contributed by atoms with E-state index in [0.717, 1.165) is 23.3 Å². The summed E-state index contributed by atoms with van der Waals surface area (Å²) in [4.78, 5) is 13.0. The van der Waals surface area contributed by atoms with Crippen LogP contribution in [0.4, 0.5) is 18.2 Å². The number of thiocarbonyl (C=S) groups is 1. The summed E-state index contributed by atoms with van der Waals surface area (Å²) in [5.41, 5.74) is 0.696. The fourth-order valence-corrected chi connectivity index (χ4v) is 4.91. The van der Waals surface area contributed by atoms with Crippen LogP contribution in [0.15, 0.2) is 0 Å². The van der Waals surface area contributed by atoms with Crippen molar-refractivity contribution in [2.75, 3.05) is 19.0 Å². The fourth-order valence-electron chi connectivity index (χ4n) is 3.19. The third kappa shape index (κ3) is 5.32. The Hall–Kier alpha value is -1.85. The SMILES string of the molecule is COC(=O)c1c(NC(=S)NCCCn2nc(C(F)(F)F)c(Cl)c2C2CC2)sc(C)c1C. The lowest BCUT2D eigenvalue weighted by Gasteiger charge is -2.11. The van der Waals surface area contributed by atoms with E-state index in [-0.39, 0.29) is 17.5 Å². The van der Waals surface area contributed by atoms with E-state index in [9.17, 15) is 18.0 Å². The van der Waals surface area contributed by atoms with Gasteiger partial charge in [-0.15, -0.1) is 11.3 Å². The molecule has 12 heteroatoms. The second kappa shape index (κ2) is 9.33. The molecule has 2 aromatic rings. The number of alkyl halides is 3. The summed E-state index contributed by atoms with van der Waals surface area (Å²) in [5.74, 6) is -0.412. The van der Waals surface area contributed by atoms with Gasteiger partial charge in [0.15, 0.2) is 10.8 Å². The van der Waals surface area contributed by atoms with Crippen LogP contribution >= 0.6 is 35.2 Å². The van der Waals surface area contributed by atoms with Crippen molar-refractivity contribution >= 4 is 51.2 Å². The Morgan fingerprint density at radius 1 is 1.39 bits per heavy atom. The molecular weight excluding hydrogens is 473 g/mol. The summed E-state index contributed by atoms with van der Waals surface area (Å²) in [6.45, 7) is 4.42. The van der Waals surface area contributed by atoms with Crippen molar-refractivity contribution in [3.8, 4) is 0 Å². The molecule has 170 valence electrons.